The van der Waals surface area contributed by atoms with Crippen molar-refractivity contribution in [2.75, 3.05) is 13.7 Å². The average molecular weight is 505 g/mol. The number of nitro benzene ring substituents is 1. The van der Waals surface area contributed by atoms with Gasteiger partial charge in [0.2, 0.25) is 0 Å². The zero-order chi connectivity index (χ0) is 26.7. The number of ether oxygens (including phenoxy) is 3. The van der Waals surface area contributed by atoms with Crippen LogP contribution in [0.1, 0.15) is 59.0 Å². The Labute approximate surface area is 214 Å². The lowest BCUT2D eigenvalue weighted by atomic mass is 9.87. The molecule has 9 nitrogen and oxygen atoms in total. The number of carbonyl (C=O) groups is 2. The molecule has 0 saturated carbocycles. The van der Waals surface area contributed by atoms with E-state index < -0.39 is 28.0 Å². The van der Waals surface area contributed by atoms with Crippen LogP contribution >= 0.6 is 0 Å². The molecule has 0 bridgehead atoms. The molecular weight excluding hydrogens is 476 g/mol. The van der Waals surface area contributed by atoms with Gasteiger partial charge in [-0.05, 0) is 55.7 Å². The van der Waals surface area contributed by atoms with E-state index in [1.807, 2.05) is 44.2 Å². The number of benzene rings is 3. The van der Waals surface area contributed by atoms with Gasteiger partial charge in [-0.25, -0.2) is 0 Å². The van der Waals surface area contributed by atoms with E-state index in [2.05, 4.69) is 0 Å². The summed E-state index contributed by atoms with van der Waals surface area (Å²) in [6.45, 7) is 5.91. The van der Waals surface area contributed by atoms with Crippen LogP contribution < -0.4 is 14.2 Å². The summed E-state index contributed by atoms with van der Waals surface area (Å²) < 4.78 is 16.8. The van der Waals surface area contributed by atoms with Gasteiger partial charge in [-0.1, -0.05) is 43.3 Å². The smallest absolute Gasteiger partial charge is 0.324 e. The van der Waals surface area contributed by atoms with E-state index in [4.69, 9.17) is 14.2 Å². The normalized spacial score (nSPS) is 14.2. The zero-order valence-corrected chi connectivity index (χ0v) is 21.1. The van der Waals surface area contributed by atoms with Gasteiger partial charge in [0.05, 0.1) is 29.7 Å². The second-order valence-corrected chi connectivity index (χ2v) is 8.74. The fourth-order valence-electron chi connectivity index (χ4n) is 4.54. The van der Waals surface area contributed by atoms with E-state index in [0.29, 0.717) is 30.1 Å². The summed E-state index contributed by atoms with van der Waals surface area (Å²) in [6, 6.07) is 17.2. The van der Waals surface area contributed by atoms with Crippen molar-refractivity contribution >= 4 is 17.5 Å². The number of rotatable bonds is 10. The Bertz CT molecular complexity index is 1360. The maximum Gasteiger partial charge on any atom is 0.324 e. The molecule has 2 amide bonds. The third-order valence-corrected chi connectivity index (χ3v) is 6.68. The molecule has 4 rings (SSSR count). The molecule has 1 heterocycles. The van der Waals surface area contributed by atoms with Gasteiger partial charge in [-0.3, -0.25) is 24.6 Å². The minimum absolute atomic E-state index is 0.0259. The molecule has 0 radical (unpaired) electrons. The lowest BCUT2D eigenvalue weighted by molar-refractivity contribution is -0.386. The van der Waals surface area contributed by atoms with Gasteiger partial charge < -0.3 is 14.2 Å². The SMILES string of the molecule is CCOc1cc(C(C)(CC)N2C(=O)c3ccc(OCc4ccccc4)c([N+](=O)[O-])c3C2=O)ccc1OC. The molecule has 1 atom stereocenters. The highest BCUT2D eigenvalue weighted by Crippen LogP contribution is 2.45. The summed E-state index contributed by atoms with van der Waals surface area (Å²) in [6.07, 6.45) is 0.363. The monoisotopic (exact) mass is 504 g/mol. The highest BCUT2D eigenvalue weighted by molar-refractivity contribution is 6.24. The molecular formula is C28H28N2O7. The van der Waals surface area contributed by atoms with Gasteiger partial charge in [0, 0.05) is 0 Å². The largest absolute Gasteiger partial charge is 0.493 e. The molecule has 1 aliphatic heterocycles. The Kier molecular flexibility index (Phi) is 7.15. The molecule has 192 valence electrons. The van der Waals surface area contributed by atoms with Gasteiger partial charge in [0.1, 0.15) is 12.2 Å². The molecule has 0 spiro atoms. The minimum atomic E-state index is -1.11. The lowest BCUT2D eigenvalue weighted by Gasteiger charge is -2.37. The predicted octanol–water partition coefficient (Wildman–Crippen LogP) is 5.50. The molecule has 0 fully saturated rings. The van der Waals surface area contributed by atoms with Gasteiger partial charge in [-0.15, -0.1) is 0 Å². The van der Waals surface area contributed by atoms with E-state index in [1.54, 1.807) is 25.1 Å². The summed E-state index contributed by atoms with van der Waals surface area (Å²) in [5.41, 5.74) is -0.468. The van der Waals surface area contributed by atoms with Crippen molar-refractivity contribution in [3.8, 4) is 17.2 Å². The number of methoxy groups -OCH3 is 1. The van der Waals surface area contributed by atoms with Crippen LogP contribution in [0.2, 0.25) is 0 Å². The summed E-state index contributed by atoms with van der Waals surface area (Å²) in [5, 5.41) is 12.1. The molecule has 3 aromatic carbocycles. The Morgan fingerprint density at radius 3 is 2.24 bits per heavy atom. The van der Waals surface area contributed by atoms with E-state index in [1.165, 1.54) is 19.2 Å². The van der Waals surface area contributed by atoms with Crippen LogP contribution in [0.15, 0.2) is 60.7 Å². The Balaban J connectivity index is 1.76. The van der Waals surface area contributed by atoms with Crippen LogP contribution in [0.5, 0.6) is 17.2 Å². The number of hydrogen-bond acceptors (Lipinski definition) is 7. The van der Waals surface area contributed by atoms with E-state index in [9.17, 15) is 19.7 Å². The number of imide groups is 1. The second-order valence-electron chi connectivity index (χ2n) is 8.74. The highest BCUT2D eigenvalue weighted by Gasteiger charge is 2.50. The van der Waals surface area contributed by atoms with Crippen molar-refractivity contribution in [3.63, 3.8) is 0 Å². The fraction of sp³-hybridized carbons (Fsp3) is 0.286. The van der Waals surface area contributed by atoms with E-state index in [0.717, 1.165) is 10.5 Å². The van der Waals surface area contributed by atoms with Crippen molar-refractivity contribution in [2.45, 2.75) is 39.3 Å². The highest BCUT2D eigenvalue weighted by atomic mass is 16.6. The van der Waals surface area contributed by atoms with Crippen LogP contribution in [-0.4, -0.2) is 35.4 Å². The standard InChI is InChI=1S/C28H28N2O7/c1-5-28(3,19-12-14-21(35-4)23(16-19)36-6-2)29-26(31)20-13-15-22(25(30(33)34)24(20)27(29)32)37-17-18-10-8-7-9-11-18/h7-16H,5-6,17H2,1-4H3. The first-order valence-electron chi connectivity index (χ1n) is 11.9. The molecule has 0 aromatic heterocycles. The fourth-order valence-corrected chi connectivity index (χ4v) is 4.54. The van der Waals surface area contributed by atoms with Crippen molar-refractivity contribution < 1.29 is 28.7 Å². The third kappa shape index (κ3) is 4.48. The molecule has 37 heavy (non-hydrogen) atoms. The van der Waals surface area contributed by atoms with Crippen molar-refractivity contribution in [1.29, 1.82) is 0 Å². The number of carbonyl (C=O) groups excluding carboxylic acids is 2. The van der Waals surface area contributed by atoms with Crippen molar-refractivity contribution in [1.82, 2.24) is 4.90 Å². The Morgan fingerprint density at radius 2 is 1.62 bits per heavy atom. The maximum absolute atomic E-state index is 13.8. The number of amides is 2. The molecule has 0 N–H and O–H groups in total. The molecule has 9 heteroatoms. The van der Waals surface area contributed by atoms with E-state index in [-0.39, 0.29) is 23.5 Å². The van der Waals surface area contributed by atoms with E-state index >= 15 is 0 Å². The number of nitro groups is 1. The summed E-state index contributed by atoms with van der Waals surface area (Å²) >= 11 is 0. The number of hydrogen-bond donors (Lipinski definition) is 0. The number of fused-ring (bicyclic) bond motifs is 1. The van der Waals surface area contributed by atoms with Crippen molar-refractivity contribution in [2.24, 2.45) is 0 Å². The summed E-state index contributed by atoms with van der Waals surface area (Å²) in [5.74, 6) is -0.425. The molecule has 1 aliphatic rings. The molecule has 0 aliphatic carbocycles. The molecule has 0 saturated heterocycles. The first-order chi connectivity index (χ1) is 17.8. The second kappa shape index (κ2) is 10.3. The first kappa shape index (κ1) is 25.7. The zero-order valence-electron chi connectivity index (χ0n) is 21.1. The molecule has 3 aromatic rings. The average Bonchev–Trinajstić information content (AvgIpc) is 3.17. The van der Waals surface area contributed by atoms with Gasteiger partial charge in [-0.2, -0.15) is 0 Å². The van der Waals surface area contributed by atoms with Gasteiger partial charge in [0.15, 0.2) is 17.2 Å². The molecule has 1 unspecified atom stereocenters. The quantitative estimate of drug-likeness (QED) is 0.204. The minimum Gasteiger partial charge on any atom is -0.493 e. The number of nitrogens with zero attached hydrogens (tertiary/aromatic N) is 2. The summed E-state index contributed by atoms with van der Waals surface area (Å²) in [7, 11) is 1.53. The maximum atomic E-state index is 13.8. The Morgan fingerprint density at radius 1 is 0.919 bits per heavy atom. The van der Waals surface area contributed by atoms with Gasteiger partial charge in [0.25, 0.3) is 11.8 Å². The Hall–Kier alpha value is -4.40. The van der Waals surface area contributed by atoms with Crippen LogP contribution in [-0.2, 0) is 12.1 Å². The lowest BCUT2D eigenvalue weighted by Crippen LogP contribution is -2.47. The van der Waals surface area contributed by atoms with Crippen LogP contribution in [0.4, 0.5) is 5.69 Å². The van der Waals surface area contributed by atoms with Crippen LogP contribution in [0.25, 0.3) is 0 Å². The predicted molar refractivity (Wildman–Crippen MR) is 136 cm³/mol. The summed E-state index contributed by atoms with van der Waals surface area (Å²) in [4.78, 5) is 39.9. The van der Waals surface area contributed by atoms with Gasteiger partial charge >= 0.3 is 5.69 Å². The van der Waals surface area contributed by atoms with Crippen molar-refractivity contribution in [3.05, 3.63) is 93.0 Å². The first-order valence-corrected chi connectivity index (χ1v) is 11.9. The van der Waals surface area contributed by atoms with Crippen LogP contribution in [0.3, 0.4) is 0 Å². The third-order valence-electron chi connectivity index (χ3n) is 6.68. The van der Waals surface area contributed by atoms with Crippen LogP contribution in [0, 0.1) is 10.1 Å². The topological polar surface area (TPSA) is 108 Å².